The van der Waals surface area contributed by atoms with Crippen LogP contribution >= 0.6 is 11.8 Å². The maximum absolute atomic E-state index is 10.8. The molecule has 0 aliphatic carbocycles. The maximum Gasteiger partial charge on any atom is 0.335 e. The highest BCUT2D eigenvalue weighted by molar-refractivity contribution is 7.98. The first kappa shape index (κ1) is 13.6. The molecule has 100 valence electrons. The van der Waals surface area contributed by atoms with E-state index in [1.807, 2.05) is 0 Å². The number of rotatable bonds is 6. The number of nitrogens with zero attached hydrogens (tertiary/aromatic N) is 2. The lowest BCUT2D eigenvalue weighted by Crippen LogP contribution is -1.96. The van der Waals surface area contributed by atoms with Crippen LogP contribution in [0.4, 0.5) is 0 Å². The number of methoxy groups -OCH3 is 1. The molecule has 0 fully saturated rings. The number of aromatic carboxylic acids is 1. The molecule has 0 radical (unpaired) electrons. The molecule has 0 unspecified atom stereocenters. The summed E-state index contributed by atoms with van der Waals surface area (Å²) in [6, 6.07) is 4.79. The van der Waals surface area contributed by atoms with Crippen LogP contribution in [0.15, 0.2) is 33.9 Å². The smallest absolute Gasteiger partial charge is 0.335 e. The van der Waals surface area contributed by atoms with Crippen LogP contribution in [0.3, 0.4) is 0 Å². The van der Waals surface area contributed by atoms with E-state index in [0.29, 0.717) is 23.1 Å². The maximum atomic E-state index is 10.8. The van der Waals surface area contributed by atoms with Gasteiger partial charge in [0.05, 0.1) is 16.3 Å². The van der Waals surface area contributed by atoms with Crippen molar-refractivity contribution in [2.75, 3.05) is 7.11 Å². The van der Waals surface area contributed by atoms with Crippen LogP contribution in [0.2, 0.25) is 0 Å². The second kappa shape index (κ2) is 6.35. The number of thioether (sulfide) groups is 1. The van der Waals surface area contributed by atoms with E-state index in [4.69, 9.17) is 14.4 Å². The Morgan fingerprint density at radius 2 is 2.37 bits per heavy atom. The summed E-state index contributed by atoms with van der Waals surface area (Å²) >= 11 is 1.40. The van der Waals surface area contributed by atoms with Gasteiger partial charge in [-0.05, 0) is 12.1 Å². The van der Waals surface area contributed by atoms with Crippen molar-refractivity contribution < 1.29 is 19.2 Å². The second-order valence-corrected chi connectivity index (χ2v) is 4.69. The van der Waals surface area contributed by atoms with Crippen LogP contribution in [0, 0.1) is 0 Å². The Hall–Kier alpha value is -1.86. The van der Waals surface area contributed by atoms with Crippen LogP contribution < -0.4 is 0 Å². The van der Waals surface area contributed by atoms with Gasteiger partial charge in [0.25, 0.3) is 0 Å². The van der Waals surface area contributed by atoms with Crippen LogP contribution in [0.25, 0.3) is 0 Å². The van der Waals surface area contributed by atoms with E-state index in [1.165, 1.54) is 30.1 Å². The Morgan fingerprint density at radius 3 is 3.11 bits per heavy atom. The lowest BCUT2D eigenvalue weighted by molar-refractivity contribution is 0.0696. The van der Waals surface area contributed by atoms with Crippen molar-refractivity contribution in [2.24, 2.45) is 0 Å². The molecule has 0 aliphatic rings. The van der Waals surface area contributed by atoms with Crippen LogP contribution in [-0.4, -0.2) is 28.3 Å². The van der Waals surface area contributed by atoms with Gasteiger partial charge in [0.1, 0.15) is 6.61 Å². The number of aromatic nitrogens is 2. The number of carboxylic acids is 1. The quantitative estimate of drug-likeness (QED) is 0.812. The van der Waals surface area contributed by atoms with Crippen molar-refractivity contribution >= 4 is 17.7 Å². The molecule has 0 bridgehead atoms. The van der Waals surface area contributed by atoms with E-state index in [1.54, 1.807) is 13.2 Å². The summed E-state index contributed by atoms with van der Waals surface area (Å²) < 4.78 is 9.98. The van der Waals surface area contributed by atoms with Gasteiger partial charge < -0.3 is 14.4 Å². The minimum Gasteiger partial charge on any atom is -0.478 e. The first-order valence-corrected chi connectivity index (χ1v) is 6.43. The second-order valence-electron chi connectivity index (χ2n) is 3.69. The summed E-state index contributed by atoms with van der Waals surface area (Å²) in [6.45, 7) is 0.379. The van der Waals surface area contributed by atoms with E-state index < -0.39 is 5.97 Å². The van der Waals surface area contributed by atoms with Crippen LogP contribution in [0.1, 0.15) is 21.8 Å². The molecule has 0 atom stereocenters. The zero-order valence-corrected chi connectivity index (χ0v) is 11.0. The third kappa shape index (κ3) is 3.80. The molecular formula is C12H12N2O4S. The number of carboxylic acid groups (broad SMARTS) is 1. The molecule has 2 heterocycles. The highest BCUT2D eigenvalue weighted by atomic mass is 32.2. The molecule has 2 aromatic heterocycles. The Bertz CT molecular complexity index is 570. The molecule has 0 aromatic carbocycles. The fraction of sp³-hybridized carbons (Fsp3) is 0.250. The normalized spacial score (nSPS) is 10.6. The summed E-state index contributed by atoms with van der Waals surface area (Å²) in [5.74, 6) is 0.252. The van der Waals surface area contributed by atoms with Gasteiger partial charge >= 0.3 is 5.97 Å². The Labute approximate surface area is 113 Å². The third-order valence-electron chi connectivity index (χ3n) is 2.24. The predicted molar refractivity (Wildman–Crippen MR) is 68.0 cm³/mol. The molecule has 7 heteroatoms. The van der Waals surface area contributed by atoms with E-state index in [2.05, 4.69) is 10.1 Å². The van der Waals surface area contributed by atoms with E-state index in [0.717, 1.165) is 5.69 Å². The minimum atomic E-state index is -0.965. The molecule has 1 N–H and O–H groups in total. The van der Waals surface area contributed by atoms with Crippen LogP contribution in [0.5, 0.6) is 0 Å². The number of hydrogen-bond acceptors (Lipinski definition) is 6. The number of pyridine rings is 1. The molecule has 6 nitrogen and oxygen atoms in total. The molecule has 0 amide bonds. The van der Waals surface area contributed by atoms with Crippen molar-refractivity contribution in [3.05, 3.63) is 41.4 Å². The van der Waals surface area contributed by atoms with Gasteiger partial charge in [-0.15, -0.1) is 0 Å². The van der Waals surface area contributed by atoms with Gasteiger partial charge in [0.2, 0.25) is 0 Å². The molecule has 0 aliphatic heterocycles. The van der Waals surface area contributed by atoms with E-state index in [-0.39, 0.29) is 5.56 Å². The van der Waals surface area contributed by atoms with Gasteiger partial charge in [-0.1, -0.05) is 16.9 Å². The van der Waals surface area contributed by atoms with Crippen molar-refractivity contribution in [3.63, 3.8) is 0 Å². The first-order valence-electron chi connectivity index (χ1n) is 5.44. The molecule has 19 heavy (non-hydrogen) atoms. The predicted octanol–water partition coefficient (Wildman–Crippen LogP) is 2.21. The topological polar surface area (TPSA) is 85.5 Å². The standard InChI is InChI=1S/C12H12N2O4S/c1-17-6-10-5-9(14-18-10)7-19-11-4-8(12(15)16)2-3-13-11/h2-5H,6-7H2,1H3,(H,15,16). The Morgan fingerprint density at radius 1 is 1.53 bits per heavy atom. The monoisotopic (exact) mass is 280 g/mol. The molecule has 0 saturated heterocycles. The zero-order valence-electron chi connectivity index (χ0n) is 10.2. The average Bonchev–Trinajstić information content (AvgIpc) is 2.85. The number of hydrogen-bond donors (Lipinski definition) is 1. The number of carbonyl (C=O) groups is 1. The summed E-state index contributed by atoms with van der Waals surface area (Å²) in [5.41, 5.74) is 0.984. The lowest BCUT2D eigenvalue weighted by atomic mass is 10.3. The SMILES string of the molecule is COCc1cc(CSc2cc(C(=O)O)ccn2)no1. The minimum absolute atomic E-state index is 0.220. The summed E-state index contributed by atoms with van der Waals surface area (Å²) in [7, 11) is 1.58. The number of ether oxygens (including phenoxy) is 1. The lowest BCUT2D eigenvalue weighted by Gasteiger charge is -1.99. The Balaban J connectivity index is 1.97. The largest absolute Gasteiger partial charge is 0.478 e. The van der Waals surface area contributed by atoms with Gasteiger partial charge in [0, 0.05) is 25.1 Å². The highest BCUT2D eigenvalue weighted by Gasteiger charge is 2.07. The van der Waals surface area contributed by atoms with Gasteiger partial charge in [-0.25, -0.2) is 9.78 Å². The molecule has 2 rings (SSSR count). The Kier molecular flexibility index (Phi) is 4.53. The zero-order chi connectivity index (χ0) is 13.7. The van der Waals surface area contributed by atoms with E-state index in [9.17, 15) is 4.79 Å². The van der Waals surface area contributed by atoms with Crippen LogP contribution in [-0.2, 0) is 17.1 Å². The first-order chi connectivity index (χ1) is 9.19. The molecular weight excluding hydrogens is 268 g/mol. The summed E-state index contributed by atoms with van der Waals surface area (Å²) in [5, 5.41) is 13.4. The van der Waals surface area contributed by atoms with Crippen molar-refractivity contribution in [1.29, 1.82) is 0 Å². The van der Waals surface area contributed by atoms with Gasteiger partial charge in [0.15, 0.2) is 5.76 Å². The third-order valence-corrected chi connectivity index (χ3v) is 3.20. The van der Waals surface area contributed by atoms with Gasteiger partial charge in [-0.3, -0.25) is 0 Å². The summed E-state index contributed by atoms with van der Waals surface area (Å²) in [6.07, 6.45) is 1.48. The van der Waals surface area contributed by atoms with Gasteiger partial charge in [-0.2, -0.15) is 0 Å². The average molecular weight is 280 g/mol. The molecule has 2 aromatic rings. The fourth-order valence-electron chi connectivity index (χ4n) is 1.40. The highest BCUT2D eigenvalue weighted by Crippen LogP contribution is 2.21. The molecule has 0 spiro atoms. The summed E-state index contributed by atoms with van der Waals surface area (Å²) in [4.78, 5) is 14.9. The van der Waals surface area contributed by atoms with Crippen molar-refractivity contribution in [3.8, 4) is 0 Å². The van der Waals surface area contributed by atoms with Crippen molar-refractivity contribution in [1.82, 2.24) is 10.1 Å². The van der Waals surface area contributed by atoms with E-state index >= 15 is 0 Å². The molecule has 0 saturated carbocycles. The van der Waals surface area contributed by atoms with Crippen molar-refractivity contribution in [2.45, 2.75) is 17.4 Å². The fourth-order valence-corrected chi connectivity index (χ4v) is 2.18.